The average Bonchev–Trinajstić information content (AvgIpc) is 2.50. The number of halogens is 1. The first kappa shape index (κ1) is 13.6. The molecule has 5 heteroatoms. The first-order chi connectivity index (χ1) is 10.2. The Kier molecular flexibility index (Phi) is 3.83. The molecule has 3 rings (SSSR count). The number of aromatic amines is 1. The molecule has 0 aliphatic carbocycles. The van der Waals surface area contributed by atoms with Gasteiger partial charge in [0.25, 0.3) is 5.56 Å². The van der Waals surface area contributed by atoms with E-state index in [1.165, 1.54) is 6.07 Å². The lowest BCUT2D eigenvalue weighted by Crippen LogP contribution is -2.10. The van der Waals surface area contributed by atoms with Gasteiger partial charge in [-0.1, -0.05) is 46.3 Å². The molecule has 1 aromatic heterocycles. The number of anilines is 2. The van der Waals surface area contributed by atoms with Crippen LogP contribution in [-0.4, -0.2) is 9.97 Å². The molecule has 0 amide bonds. The molecule has 3 aromatic rings. The molecule has 1 heterocycles. The van der Waals surface area contributed by atoms with E-state index in [9.17, 15) is 4.79 Å². The highest BCUT2D eigenvalue weighted by molar-refractivity contribution is 9.10. The highest BCUT2D eigenvalue weighted by Crippen LogP contribution is 2.19. The number of nitrogens with zero attached hydrogens (tertiary/aromatic N) is 1. The fraction of sp³-hybridized carbons (Fsp3) is 0. The van der Waals surface area contributed by atoms with E-state index in [4.69, 9.17) is 0 Å². The Hall–Kier alpha value is -2.40. The van der Waals surface area contributed by atoms with Crippen LogP contribution in [0, 0.1) is 0 Å². The minimum atomic E-state index is -0.191. The highest BCUT2D eigenvalue weighted by Gasteiger charge is 2.04. The summed E-state index contributed by atoms with van der Waals surface area (Å²) in [5.74, 6) is 0.420. The molecule has 0 saturated carbocycles. The molecule has 0 aliphatic rings. The lowest BCUT2D eigenvalue weighted by molar-refractivity contribution is 1.12. The number of H-pyrrole nitrogens is 1. The van der Waals surface area contributed by atoms with Crippen molar-refractivity contribution in [2.75, 3.05) is 5.32 Å². The first-order valence-electron chi connectivity index (χ1n) is 6.40. The Morgan fingerprint density at radius 1 is 1.00 bits per heavy atom. The van der Waals surface area contributed by atoms with Crippen molar-refractivity contribution in [3.8, 4) is 11.3 Å². The van der Waals surface area contributed by atoms with Gasteiger partial charge in [-0.3, -0.25) is 9.78 Å². The van der Waals surface area contributed by atoms with E-state index in [1.54, 1.807) is 0 Å². The molecule has 21 heavy (non-hydrogen) atoms. The highest BCUT2D eigenvalue weighted by atomic mass is 79.9. The summed E-state index contributed by atoms with van der Waals surface area (Å²) in [4.78, 5) is 18.9. The zero-order valence-electron chi connectivity index (χ0n) is 11.0. The molecule has 0 atom stereocenters. The minimum Gasteiger partial charge on any atom is -0.326 e. The van der Waals surface area contributed by atoms with Crippen molar-refractivity contribution in [3.63, 3.8) is 0 Å². The zero-order valence-corrected chi connectivity index (χ0v) is 12.6. The molecule has 0 unspecified atom stereocenters. The Balaban J connectivity index is 1.95. The van der Waals surface area contributed by atoms with Crippen molar-refractivity contribution in [1.82, 2.24) is 9.97 Å². The molecule has 0 aliphatic heterocycles. The van der Waals surface area contributed by atoms with Crippen LogP contribution in [0.15, 0.2) is 69.9 Å². The van der Waals surface area contributed by atoms with Gasteiger partial charge in [0, 0.05) is 21.8 Å². The van der Waals surface area contributed by atoms with Crippen LogP contribution >= 0.6 is 15.9 Å². The quantitative estimate of drug-likeness (QED) is 0.758. The van der Waals surface area contributed by atoms with Gasteiger partial charge in [0.2, 0.25) is 5.95 Å². The molecule has 0 radical (unpaired) electrons. The Labute approximate surface area is 130 Å². The third-order valence-corrected chi connectivity index (χ3v) is 3.45. The van der Waals surface area contributed by atoms with Crippen molar-refractivity contribution in [3.05, 3.63) is 75.5 Å². The standard InChI is InChI=1S/C16H12BrN3O/c17-12-6-8-13(9-7-12)18-16-19-14(10-15(21)20-16)11-4-2-1-3-5-11/h1-10H,(H2,18,19,20,21). The monoisotopic (exact) mass is 341 g/mol. The molecular formula is C16H12BrN3O. The van der Waals surface area contributed by atoms with E-state index in [2.05, 4.69) is 31.2 Å². The molecule has 0 spiro atoms. The van der Waals surface area contributed by atoms with Crippen molar-refractivity contribution < 1.29 is 0 Å². The van der Waals surface area contributed by atoms with E-state index < -0.39 is 0 Å². The van der Waals surface area contributed by atoms with Gasteiger partial charge < -0.3 is 5.32 Å². The van der Waals surface area contributed by atoms with E-state index in [-0.39, 0.29) is 5.56 Å². The fourth-order valence-corrected chi connectivity index (χ4v) is 2.21. The van der Waals surface area contributed by atoms with Crippen LogP contribution in [-0.2, 0) is 0 Å². The van der Waals surface area contributed by atoms with Gasteiger partial charge in [-0.15, -0.1) is 0 Å². The summed E-state index contributed by atoms with van der Waals surface area (Å²) in [6.45, 7) is 0. The van der Waals surface area contributed by atoms with Gasteiger partial charge in [0.05, 0.1) is 5.69 Å². The second-order valence-corrected chi connectivity index (χ2v) is 5.39. The summed E-state index contributed by atoms with van der Waals surface area (Å²) in [6.07, 6.45) is 0. The predicted octanol–water partition coefficient (Wildman–Crippen LogP) is 3.94. The molecule has 104 valence electrons. The Morgan fingerprint density at radius 2 is 1.71 bits per heavy atom. The van der Waals surface area contributed by atoms with Crippen LogP contribution < -0.4 is 10.9 Å². The van der Waals surface area contributed by atoms with Crippen LogP contribution in [0.1, 0.15) is 0 Å². The maximum atomic E-state index is 11.8. The molecule has 2 aromatic carbocycles. The zero-order chi connectivity index (χ0) is 14.7. The molecule has 0 fully saturated rings. The fourth-order valence-electron chi connectivity index (χ4n) is 1.94. The summed E-state index contributed by atoms with van der Waals surface area (Å²) in [5.41, 5.74) is 2.21. The number of nitrogens with one attached hydrogen (secondary N) is 2. The number of aromatic nitrogens is 2. The van der Waals surface area contributed by atoms with Gasteiger partial charge in [-0.2, -0.15) is 0 Å². The molecule has 4 nitrogen and oxygen atoms in total. The largest absolute Gasteiger partial charge is 0.326 e. The van der Waals surface area contributed by atoms with Crippen LogP contribution in [0.3, 0.4) is 0 Å². The lowest BCUT2D eigenvalue weighted by atomic mass is 10.1. The average molecular weight is 342 g/mol. The molecule has 0 saturated heterocycles. The van der Waals surface area contributed by atoms with Crippen molar-refractivity contribution in [1.29, 1.82) is 0 Å². The van der Waals surface area contributed by atoms with Crippen LogP contribution in [0.4, 0.5) is 11.6 Å². The summed E-state index contributed by atoms with van der Waals surface area (Å²) in [6, 6.07) is 18.7. The van der Waals surface area contributed by atoms with E-state index >= 15 is 0 Å². The minimum absolute atomic E-state index is 0.191. The smallest absolute Gasteiger partial charge is 0.252 e. The number of rotatable bonds is 3. The SMILES string of the molecule is O=c1cc(-c2ccccc2)nc(Nc2ccc(Br)cc2)[nH]1. The van der Waals surface area contributed by atoms with Crippen molar-refractivity contribution in [2.24, 2.45) is 0 Å². The van der Waals surface area contributed by atoms with Crippen LogP contribution in [0.5, 0.6) is 0 Å². The maximum Gasteiger partial charge on any atom is 0.252 e. The summed E-state index contributed by atoms with van der Waals surface area (Å²) < 4.78 is 0.993. The summed E-state index contributed by atoms with van der Waals surface area (Å²) in [7, 11) is 0. The van der Waals surface area contributed by atoms with Gasteiger partial charge in [0.15, 0.2) is 0 Å². The second-order valence-electron chi connectivity index (χ2n) is 4.48. The van der Waals surface area contributed by atoms with E-state index in [1.807, 2.05) is 54.6 Å². The van der Waals surface area contributed by atoms with Gasteiger partial charge in [-0.05, 0) is 24.3 Å². The lowest BCUT2D eigenvalue weighted by Gasteiger charge is -2.07. The summed E-state index contributed by atoms with van der Waals surface area (Å²) in [5, 5.41) is 3.09. The number of benzene rings is 2. The van der Waals surface area contributed by atoms with Gasteiger partial charge in [0.1, 0.15) is 0 Å². The number of hydrogen-bond donors (Lipinski definition) is 2. The predicted molar refractivity (Wildman–Crippen MR) is 87.7 cm³/mol. The van der Waals surface area contributed by atoms with Crippen LogP contribution in [0.2, 0.25) is 0 Å². The van der Waals surface area contributed by atoms with E-state index in [0.717, 1.165) is 15.7 Å². The normalized spacial score (nSPS) is 10.3. The molecule has 2 N–H and O–H groups in total. The van der Waals surface area contributed by atoms with Gasteiger partial charge in [-0.25, -0.2) is 4.98 Å². The number of hydrogen-bond acceptors (Lipinski definition) is 3. The summed E-state index contributed by atoms with van der Waals surface area (Å²) >= 11 is 3.38. The van der Waals surface area contributed by atoms with Crippen molar-refractivity contribution in [2.45, 2.75) is 0 Å². The second kappa shape index (κ2) is 5.93. The van der Waals surface area contributed by atoms with E-state index in [0.29, 0.717) is 11.6 Å². The topological polar surface area (TPSA) is 57.8 Å². The molecule has 0 bridgehead atoms. The maximum absolute atomic E-state index is 11.8. The third-order valence-electron chi connectivity index (χ3n) is 2.92. The Morgan fingerprint density at radius 3 is 2.43 bits per heavy atom. The Bertz CT molecular complexity index is 798. The third kappa shape index (κ3) is 3.38. The van der Waals surface area contributed by atoms with Crippen LogP contribution in [0.25, 0.3) is 11.3 Å². The molecular weight excluding hydrogens is 330 g/mol. The first-order valence-corrected chi connectivity index (χ1v) is 7.19. The van der Waals surface area contributed by atoms with Gasteiger partial charge >= 0.3 is 0 Å². The van der Waals surface area contributed by atoms with Crippen molar-refractivity contribution >= 4 is 27.6 Å².